The number of carbonyl (C=O) groups is 2. The summed E-state index contributed by atoms with van der Waals surface area (Å²) in [5.74, 6) is -7.28. The first-order valence-electron chi connectivity index (χ1n) is 10.2. The Hall–Kier alpha value is -3.94. The molecule has 0 fully saturated rings. The number of hydrogen-bond donors (Lipinski definition) is 2. The lowest BCUT2D eigenvalue weighted by molar-refractivity contribution is 0.0521. The second-order valence-electron chi connectivity index (χ2n) is 8.35. The second-order valence-corrected chi connectivity index (χ2v) is 10.1. The fourth-order valence-corrected chi connectivity index (χ4v) is 4.32. The molecule has 0 aliphatic rings. The van der Waals surface area contributed by atoms with Gasteiger partial charge in [-0.05, 0) is 39.0 Å². The molecule has 0 bridgehead atoms. The summed E-state index contributed by atoms with van der Waals surface area (Å²) in [7, 11) is -4.65. The van der Waals surface area contributed by atoms with Gasteiger partial charge < -0.3 is 15.4 Å². The van der Waals surface area contributed by atoms with E-state index in [9.17, 15) is 35.6 Å². The highest BCUT2D eigenvalue weighted by Crippen LogP contribution is 2.23. The van der Waals surface area contributed by atoms with Crippen molar-refractivity contribution in [1.29, 1.82) is 0 Å². The lowest BCUT2D eigenvalue weighted by Crippen LogP contribution is -2.33. The largest absolute Gasteiger partial charge is 0.444 e. The second kappa shape index (κ2) is 9.97. The first-order valence-corrected chi connectivity index (χ1v) is 11.6. The third-order valence-electron chi connectivity index (χ3n) is 4.44. The summed E-state index contributed by atoms with van der Waals surface area (Å²) >= 11 is 0. The molecule has 0 spiro atoms. The minimum absolute atomic E-state index is 0.188. The molecule has 0 aliphatic heterocycles. The molecule has 1 heterocycles. The lowest BCUT2D eigenvalue weighted by Gasteiger charge is -2.19. The fourth-order valence-electron chi connectivity index (χ4n) is 2.91. The summed E-state index contributed by atoms with van der Waals surface area (Å²) in [6.07, 6.45) is 1.28. The van der Waals surface area contributed by atoms with Gasteiger partial charge in [-0.15, -0.1) is 0 Å². The minimum atomic E-state index is -4.65. The summed E-state index contributed by atoms with van der Waals surface area (Å²) in [5.41, 5.74) is -1.63. The normalized spacial score (nSPS) is 11.8. The van der Waals surface area contributed by atoms with Gasteiger partial charge in [0.15, 0.2) is 17.5 Å². The Balaban J connectivity index is 1.87. The molecule has 0 radical (unpaired) electrons. The number of benzene rings is 2. The van der Waals surface area contributed by atoms with E-state index in [4.69, 9.17) is 4.74 Å². The highest BCUT2D eigenvalue weighted by molar-refractivity contribution is 7.90. The molecule has 2 amide bonds. The van der Waals surface area contributed by atoms with Gasteiger partial charge >= 0.3 is 6.09 Å². The van der Waals surface area contributed by atoms with Crippen molar-refractivity contribution in [2.45, 2.75) is 37.8 Å². The molecule has 0 atom stereocenters. The van der Waals surface area contributed by atoms with Crippen LogP contribution in [0.3, 0.4) is 0 Å². The Morgan fingerprint density at radius 2 is 1.67 bits per heavy atom. The smallest absolute Gasteiger partial charge is 0.408 e. The Bertz CT molecular complexity index is 1410. The topological polar surface area (TPSA) is 119 Å². The van der Waals surface area contributed by atoms with Gasteiger partial charge in [-0.25, -0.2) is 39.7 Å². The van der Waals surface area contributed by atoms with E-state index in [2.05, 4.69) is 15.6 Å². The van der Waals surface area contributed by atoms with Gasteiger partial charge in [0.2, 0.25) is 0 Å². The van der Waals surface area contributed by atoms with Crippen LogP contribution in [0.25, 0.3) is 0 Å². The maximum atomic E-state index is 14.6. The molecule has 0 unspecified atom stereocenters. The van der Waals surface area contributed by atoms with E-state index in [-0.39, 0.29) is 17.9 Å². The Morgan fingerprint density at radius 3 is 2.28 bits per heavy atom. The molecular formula is C22H20F4N4O5S. The summed E-state index contributed by atoms with van der Waals surface area (Å²) in [5, 5.41) is 4.41. The van der Waals surface area contributed by atoms with Crippen LogP contribution in [-0.4, -0.2) is 35.0 Å². The van der Waals surface area contributed by atoms with Crippen LogP contribution in [0.1, 0.15) is 37.0 Å². The summed E-state index contributed by atoms with van der Waals surface area (Å²) in [6.45, 7) is 4.51. The SMILES string of the molecule is CC(C)(C)OC(=O)NCc1nccn1S(=O)(=O)c1cc(C(=O)Nc2cc(F)c(F)c(F)c2)ccc1F. The third kappa shape index (κ3) is 6.00. The lowest BCUT2D eigenvalue weighted by atomic mass is 10.2. The van der Waals surface area contributed by atoms with Crippen molar-refractivity contribution in [3.8, 4) is 0 Å². The highest BCUT2D eigenvalue weighted by atomic mass is 32.2. The van der Waals surface area contributed by atoms with Crippen LogP contribution >= 0.6 is 0 Å². The highest BCUT2D eigenvalue weighted by Gasteiger charge is 2.26. The number of alkyl carbamates (subject to hydrolysis) is 1. The van der Waals surface area contributed by atoms with Crippen molar-refractivity contribution in [1.82, 2.24) is 14.3 Å². The quantitative estimate of drug-likeness (QED) is 0.369. The standard InChI is InChI=1S/C22H20F4N4O5S/c1-22(2,3)35-21(32)28-11-18-27-6-7-30(18)36(33,34)17-8-12(4-5-14(17)23)20(31)29-13-9-15(24)19(26)16(25)10-13/h4-10H,11H2,1-3H3,(H,28,32)(H,29,31). The van der Waals surface area contributed by atoms with Crippen molar-refractivity contribution in [3.05, 3.63) is 77.4 Å². The number of carbonyl (C=O) groups excluding carboxylic acids is 2. The zero-order valence-electron chi connectivity index (χ0n) is 19.1. The maximum Gasteiger partial charge on any atom is 0.408 e. The van der Waals surface area contributed by atoms with Crippen molar-refractivity contribution in [2.75, 3.05) is 5.32 Å². The van der Waals surface area contributed by atoms with Gasteiger partial charge in [0.05, 0.1) is 6.54 Å². The van der Waals surface area contributed by atoms with Crippen LogP contribution in [0.4, 0.5) is 28.0 Å². The Kier molecular flexibility index (Phi) is 7.38. The molecule has 2 N–H and O–H groups in total. The van der Waals surface area contributed by atoms with Gasteiger partial charge in [0.25, 0.3) is 15.9 Å². The van der Waals surface area contributed by atoms with Crippen LogP contribution in [0, 0.1) is 23.3 Å². The Morgan fingerprint density at radius 1 is 1.03 bits per heavy atom. The van der Waals surface area contributed by atoms with E-state index in [1.165, 1.54) is 0 Å². The van der Waals surface area contributed by atoms with Crippen molar-refractivity contribution >= 4 is 27.7 Å². The summed E-state index contributed by atoms with van der Waals surface area (Å²) in [4.78, 5) is 27.3. The molecule has 2 aromatic carbocycles. The van der Waals surface area contributed by atoms with E-state index in [1.807, 2.05) is 0 Å². The summed E-state index contributed by atoms with van der Waals surface area (Å²) in [6, 6.07) is 3.41. The van der Waals surface area contributed by atoms with Gasteiger partial charge in [-0.1, -0.05) is 0 Å². The molecule has 1 aromatic heterocycles. The minimum Gasteiger partial charge on any atom is -0.444 e. The molecule has 9 nitrogen and oxygen atoms in total. The zero-order valence-corrected chi connectivity index (χ0v) is 19.9. The maximum absolute atomic E-state index is 14.6. The predicted molar refractivity (Wildman–Crippen MR) is 119 cm³/mol. The monoisotopic (exact) mass is 528 g/mol. The van der Waals surface area contributed by atoms with Crippen LogP contribution in [0.5, 0.6) is 0 Å². The number of ether oxygens (including phenoxy) is 1. The van der Waals surface area contributed by atoms with Crippen molar-refractivity contribution < 1.29 is 40.3 Å². The molecule has 0 saturated heterocycles. The fraction of sp³-hybridized carbons (Fsp3) is 0.227. The van der Waals surface area contributed by atoms with Crippen molar-refractivity contribution in [2.24, 2.45) is 0 Å². The van der Waals surface area contributed by atoms with E-state index >= 15 is 0 Å². The van der Waals surface area contributed by atoms with Gasteiger partial charge in [0, 0.05) is 35.8 Å². The molecule has 36 heavy (non-hydrogen) atoms. The number of rotatable bonds is 6. The number of nitrogens with zero attached hydrogens (tertiary/aromatic N) is 2. The summed E-state index contributed by atoms with van der Waals surface area (Å²) < 4.78 is 86.5. The first-order chi connectivity index (χ1) is 16.7. The average molecular weight is 528 g/mol. The molecule has 3 rings (SSSR count). The van der Waals surface area contributed by atoms with E-state index in [0.29, 0.717) is 28.2 Å². The molecule has 0 saturated carbocycles. The average Bonchev–Trinajstić information content (AvgIpc) is 3.24. The number of amides is 2. The zero-order chi connectivity index (χ0) is 26.8. The van der Waals surface area contributed by atoms with Crippen LogP contribution in [0.2, 0.25) is 0 Å². The third-order valence-corrected chi connectivity index (χ3v) is 6.16. The molecular weight excluding hydrogens is 508 g/mol. The first kappa shape index (κ1) is 26.7. The van der Waals surface area contributed by atoms with E-state index in [1.54, 1.807) is 20.8 Å². The van der Waals surface area contributed by atoms with E-state index in [0.717, 1.165) is 18.5 Å². The van der Waals surface area contributed by atoms with Crippen LogP contribution in [-0.2, 0) is 21.3 Å². The predicted octanol–water partition coefficient (Wildman–Crippen LogP) is 3.95. The van der Waals surface area contributed by atoms with Crippen LogP contribution in [0.15, 0.2) is 47.6 Å². The Labute approximate surface area is 203 Å². The number of nitrogens with one attached hydrogen (secondary N) is 2. The molecule has 0 aliphatic carbocycles. The molecule has 3 aromatic rings. The number of aromatic nitrogens is 2. The van der Waals surface area contributed by atoms with Gasteiger partial charge in [0.1, 0.15) is 22.1 Å². The van der Waals surface area contributed by atoms with Crippen LogP contribution < -0.4 is 10.6 Å². The number of imidazole rings is 1. The van der Waals surface area contributed by atoms with Crippen molar-refractivity contribution in [3.63, 3.8) is 0 Å². The van der Waals surface area contributed by atoms with E-state index < -0.39 is 61.5 Å². The van der Waals surface area contributed by atoms with Gasteiger partial charge in [-0.3, -0.25) is 4.79 Å². The number of anilines is 1. The molecule has 14 heteroatoms. The number of hydrogen-bond acceptors (Lipinski definition) is 6. The van der Waals surface area contributed by atoms with Gasteiger partial charge in [-0.2, -0.15) is 0 Å². The molecule has 192 valence electrons. The number of halogens is 4.